The fourth-order valence-corrected chi connectivity index (χ4v) is 11.7. The van der Waals surface area contributed by atoms with Gasteiger partial charge in [-0.15, -0.1) is 0 Å². The van der Waals surface area contributed by atoms with Gasteiger partial charge in [0.1, 0.15) is 0 Å². The van der Waals surface area contributed by atoms with Crippen molar-refractivity contribution in [3.05, 3.63) is 277 Å². The highest BCUT2D eigenvalue weighted by atomic mass is 15.2. The zero-order chi connectivity index (χ0) is 44.1. The van der Waals surface area contributed by atoms with E-state index in [4.69, 9.17) is 0 Å². The Morgan fingerprint density at radius 3 is 1.37 bits per heavy atom. The molecule has 0 saturated carbocycles. The second kappa shape index (κ2) is 14.7. The third-order valence-corrected chi connectivity index (χ3v) is 14.6. The van der Waals surface area contributed by atoms with Crippen molar-refractivity contribution in [3.8, 4) is 55.6 Å². The van der Waals surface area contributed by atoms with Crippen LogP contribution in [0.5, 0.6) is 0 Å². The van der Waals surface area contributed by atoms with Gasteiger partial charge in [-0.2, -0.15) is 0 Å². The molecular weight excluding hydrogens is 809 g/mol. The van der Waals surface area contributed by atoms with Gasteiger partial charge in [-0.3, -0.25) is 0 Å². The highest BCUT2D eigenvalue weighted by Crippen LogP contribution is 2.63. The Morgan fingerprint density at radius 2 is 0.746 bits per heavy atom. The maximum Gasteiger partial charge on any atom is 0.0726 e. The maximum atomic E-state index is 2.48. The van der Waals surface area contributed by atoms with Gasteiger partial charge in [-0.25, -0.2) is 0 Å². The van der Waals surface area contributed by atoms with Crippen molar-refractivity contribution in [2.75, 3.05) is 9.80 Å². The smallest absolute Gasteiger partial charge is 0.0726 e. The lowest BCUT2D eigenvalue weighted by atomic mass is 9.70. The number of para-hydroxylation sites is 1. The van der Waals surface area contributed by atoms with Crippen LogP contribution in [0, 0.1) is 0 Å². The molecule has 11 aromatic carbocycles. The van der Waals surface area contributed by atoms with Gasteiger partial charge < -0.3 is 9.80 Å². The quantitative estimate of drug-likeness (QED) is 0.164. The molecule has 0 saturated heterocycles. The number of fused-ring (bicyclic) bond motifs is 12. The van der Waals surface area contributed by atoms with Crippen molar-refractivity contribution in [2.45, 2.75) is 5.41 Å². The topological polar surface area (TPSA) is 6.48 Å². The third kappa shape index (κ3) is 5.51. The highest BCUT2D eigenvalue weighted by molar-refractivity contribution is 6.14. The number of hydrogen-bond donors (Lipinski definition) is 0. The van der Waals surface area contributed by atoms with Crippen molar-refractivity contribution in [1.82, 2.24) is 0 Å². The number of benzene rings is 11. The van der Waals surface area contributed by atoms with E-state index in [1.54, 1.807) is 0 Å². The molecule has 0 radical (unpaired) electrons. The van der Waals surface area contributed by atoms with Crippen LogP contribution in [-0.2, 0) is 5.41 Å². The molecule has 2 aliphatic carbocycles. The molecule has 2 nitrogen and oxygen atoms in total. The Bertz CT molecular complexity index is 3670. The first-order valence-corrected chi connectivity index (χ1v) is 23.3. The Morgan fingerprint density at radius 1 is 0.284 bits per heavy atom. The van der Waals surface area contributed by atoms with Gasteiger partial charge in [-0.1, -0.05) is 194 Å². The summed E-state index contributed by atoms with van der Waals surface area (Å²) in [6.07, 6.45) is 0. The Hall–Kier alpha value is -8.72. The van der Waals surface area contributed by atoms with Crippen LogP contribution in [0.3, 0.4) is 0 Å². The molecule has 3 aliphatic rings. The van der Waals surface area contributed by atoms with Crippen molar-refractivity contribution in [1.29, 1.82) is 0 Å². The molecule has 0 unspecified atom stereocenters. The lowest BCUT2D eigenvalue weighted by Gasteiger charge is -2.34. The molecule has 14 rings (SSSR count). The molecule has 0 bridgehead atoms. The van der Waals surface area contributed by atoms with E-state index in [1.165, 1.54) is 100 Å². The van der Waals surface area contributed by atoms with Gasteiger partial charge in [-0.05, 0) is 138 Å². The summed E-state index contributed by atoms with van der Waals surface area (Å²) in [5, 5.41) is 2.54. The fraction of sp³-hybridized carbons (Fsp3) is 0.0154. The first kappa shape index (κ1) is 37.6. The third-order valence-electron chi connectivity index (χ3n) is 14.6. The summed E-state index contributed by atoms with van der Waals surface area (Å²) < 4.78 is 0. The largest absolute Gasteiger partial charge is 0.310 e. The lowest BCUT2D eigenvalue weighted by molar-refractivity contribution is 0.793. The minimum atomic E-state index is -0.437. The molecule has 0 aromatic heterocycles. The van der Waals surface area contributed by atoms with Gasteiger partial charge in [0.25, 0.3) is 0 Å². The van der Waals surface area contributed by atoms with Crippen LogP contribution in [0.2, 0.25) is 0 Å². The van der Waals surface area contributed by atoms with Crippen LogP contribution in [-0.4, -0.2) is 0 Å². The van der Waals surface area contributed by atoms with Crippen molar-refractivity contribution in [3.63, 3.8) is 0 Å². The van der Waals surface area contributed by atoms with E-state index in [1.807, 2.05) is 0 Å². The molecule has 67 heavy (non-hydrogen) atoms. The fourth-order valence-electron chi connectivity index (χ4n) is 11.7. The summed E-state index contributed by atoms with van der Waals surface area (Å²) in [6, 6.07) is 94.3. The molecule has 0 N–H and O–H groups in total. The Labute approximate surface area is 390 Å². The van der Waals surface area contributed by atoms with Crippen molar-refractivity contribution >= 4 is 44.9 Å². The number of nitrogens with zero attached hydrogens (tertiary/aromatic N) is 2. The van der Waals surface area contributed by atoms with Crippen molar-refractivity contribution in [2.24, 2.45) is 0 Å². The standard InChI is InChI=1S/C65H42N2/c1-3-15-43(16-4-1)44-29-34-49(35-30-44)66(51-38-40-55-54-23-9-12-27-60(54)65(61(55)42-51)58-25-10-7-21-52(58)53-22-8-11-26-59(53)65)50-36-31-45(32-37-50)47-33-39-56-57-24-13-17-46-18-14-28-62(64(46)57)67(63(56)41-47)48-19-5-2-6-20-48/h1-42H. The Kier molecular flexibility index (Phi) is 8.23. The van der Waals surface area contributed by atoms with Crippen LogP contribution >= 0.6 is 0 Å². The summed E-state index contributed by atoms with van der Waals surface area (Å²) in [5.74, 6) is 0. The average Bonchev–Trinajstić information content (AvgIpc) is 3.87. The molecule has 0 amide bonds. The van der Waals surface area contributed by atoms with Gasteiger partial charge in [0.05, 0.1) is 16.8 Å². The molecule has 1 aliphatic heterocycles. The minimum Gasteiger partial charge on any atom is -0.310 e. The molecule has 0 fully saturated rings. The number of rotatable bonds is 6. The van der Waals surface area contributed by atoms with E-state index in [2.05, 4.69) is 265 Å². The Balaban J connectivity index is 0.922. The predicted octanol–water partition coefficient (Wildman–Crippen LogP) is 17.4. The molecule has 11 aromatic rings. The SMILES string of the molecule is c1ccc(-c2ccc(N(c3ccc(-c4ccc5c(c4)N(c4ccccc4)c4cccc6cccc-5c46)cc3)c3ccc4c(c3)C3(c5ccccc5-c5ccccc53)c3ccccc3-4)cc2)cc1. The summed E-state index contributed by atoms with van der Waals surface area (Å²) in [6.45, 7) is 0. The number of anilines is 6. The molecule has 1 heterocycles. The lowest BCUT2D eigenvalue weighted by Crippen LogP contribution is -2.26. The van der Waals surface area contributed by atoms with E-state index in [0.717, 1.165) is 22.7 Å². The van der Waals surface area contributed by atoms with Crippen molar-refractivity contribution < 1.29 is 0 Å². The average molecular weight is 851 g/mol. The zero-order valence-corrected chi connectivity index (χ0v) is 36.6. The van der Waals surface area contributed by atoms with Gasteiger partial charge >= 0.3 is 0 Å². The van der Waals surface area contributed by atoms with Crippen LogP contribution in [0.15, 0.2) is 255 Å². The van der Waals surface area contributed by atoms with E-state index in [-0.39, 0.29) is 0 Å². The molecular formula is C65H42N2. The maximum absolute atomic E-state index is 2.48. The van der Waals surface area contributed by atoms with Gasteiger partial charge in [0.2, 0.25) is 0 Å². The van der Waals surface area contributed by atoms with E-state index in [0.29, 0.717) is 0 Å². The molecule has 1 spiro atoms. The first-order chi connectivity index (χ1) is 33.2. The summed E-state index contributed by atoms with van der Waals surface area (Å²) in [7, 11) is 0. The molecule has 312 valence electrons. The van der Waals surface area contributed by atoms with Crippen LogP contribution in [0.25, 0.3) is 66.4 Å². The zero-order valence-electron chi connectivity index (χ0n) is 36.6. The van der Waals surface area contributed by atoms with Crippen LogP contribution in [0.1, 0.15) is 22.3 Å². The van der Waals surface area contributed by atoms with E-state index in [9.17, 15) is 0 Å². The van der Waals surface area contributed by atoms with Gasteiger partial charge in [0.15, 0.2) is 0 Å². The predicted molar refractivity (Wildman–Crippen MR) is 279 cm³/mol. The second-order valence-electron chi connectivity index (χ2n) is 18.0. The van der Waals surface area contributed by atoms with Gasteiger partial charge in [0, 0.05) is 33.7 Å². The molecule has 0 atom stereocenters. The summed E-state index contributed by atoms with van der Waals surface area (Å²) >= 11 is 0. The summed E-state index contributed by atoms with van der Waals surface area (Å²) in [4.78, 5) is 4.87. The van der Waals surface area contributed by atoms with E-state index < -0.39 is 5.41 Å². The second-order valence-corrected chi connectivity index (χ2v) is 18.0. The highest BCUT2D eigenvalue weighted by Gasteiger charge is 2.51. The van der Waals surface area contributed by atoms with Crippen LogP contribution in [0.4, 0.5) is 34.1 Å². The number of hydrogen-bond acceptors (Lipinski definition) is 2. The van der Waals surface area contributed by atoms with Crippen LogP contribution < -0.4 is 9.80 Å². The normalized spacial score (nSPS) is 13.2. The minimum absolute atomic E-state index is 0.437. The van der Waals surface area contributed by atoms with E-state index >= 15 is 0 Å². The summed E-state index contributed by atoms with van der Waals surface area (Å²) in [5.41, 5.74) is 24.2. The monoisotopic (exact) mass is 850 g/mol. The first-order valence-electron chi connectivity index (χ1n) is 23.3. The molecule has 2 heteroatoms.